The molecule has 0 aromatic carbocycles. The van der Waals surface area contributed by atoms with E-state index in [2.05, 4.69) is 5.10 Å². The maximum atomic E-state index is 10.1. The number of hydrazone groups is 1. The fourth-order valence-corrected chi connectivity index (χ4v) is 0.709. The lowest BCUT2D eigenvalue weighted by atomic mass is 10.5. The van der Waals surface area contributed by atoms with E-state index in [0.717, 1.165) is 0 Å². The summed E-state index contributed by atoms with van der Waals surface area (Å²) < 4.78 is 4.89. The first kappa shape index (κ1) is 8.61. The van der Waals surface area contributed by atoms with Gasteiger partial charge in [-0.1, -0.05) is 0 Å². The van der Waals surface area contributed by atoms with E-state index in [9.17, 15) is 4.79 Å². The minimum absolute atomic E-state index is 0.260. The molecule has 0 radical (unpaired) electrons. The highest BCUT2D eigenvalue weighted by Crippen LogP contribution is 2.10. The summed E-state index contributed by atoms with van der Waals surface area (Å²) in [5.74, 6) is 0.439. The van der Waals surface area contributed by atoms with Gasteiger partial charge in [-0.3, -0.25) is 0 Å². The standard InChI is InChI=1S/C6H6ClN3O2/c7-5-2-1-4(12-5)3-9-10-6(8)11/h1-3H,(H3,8,10,11)/b9-3+. The van der Waals surface area contributed by atoms with E-state index in [1.165, 1.54) is 6.21 Å². The van der Waals surface area contributed by atoms with Gasteiger partial charge in [-0.2, -0.15) is 5.10 Å². The maximum Gasteiger partial charge on any atom is 0.332 e. The minimum atomic E-state index is -0.732. The third-order valence-corrected chi connectivity index (χ3v) is 1.16. The second-order valence-electron chi connectivity index (χ2n) is 1.88. The van der Waals surface area contributed by atoms with Gasteiger partial charge in [-0.05, 0) is 23.7 Å². The predicted octanol–water partition coefficient (Wildman–Crippen LogP) is 0.935. The van der Waals surface area contributed by atoms with Crippen LogP contribution < -0.4 is 11.2 Å². The van der Waals surface area contributed by atoms with Gasteiger partial charge in [-0.15, -0.1) is 0 Å². The minimum Gasteiger partial charge on any atom is -0.444 e. The average Bonchev–Trinajstić information content (AvgIpc) is 2.35. The van der Waals surface area contributed by atoms with Crippen molar-refractivity contribution in [3.63, 3.8) is 0 Å². The molecule has 0 spiro atoms. The van der Waals surface area contributed by atoms with Crippen molar-refractivity contribution in [2.45, 2.75) is 0 Å². The van der Waals surface area contributed by atoms with Gasteiger partial charge in [0.05, 0.1) is 6.21 Å². The van der Waals surface area contributed by atoms with E-state index in [0.29, 0.717) is 5.76 Å². The molecule has 1 aromatic heterocycles. The van der Waals surface area contributed by atoms with Crippen LogP contribution in [0.4, 0.5) is 4.79 Å². The Morgan fingerprint density at radius 1 is 1.75 bits per heavy atom. The second kappa shape index (κ2) is 3.77. The largest absolute Gasteiger partial charge is 0.444 e. The number of hydrogen-bond acceptors (Lipinski definition) is 3. The Hall–Kier alpha value is -1.49. The van der Waals surface area contributed by atoms with Crippen LogP contribution >= 0.6 is 11.6 Å². The Balaban J connectivity index is 2.52. The van der Waals surface area contributed by atoms with Crippen molar-refractivity contribution in [3.05, 3.63) is 23.1 Å². The molecule has 5 nitrogen and oxygen atoms in total. The summed E-state index contributed by atoms with van der Waals surface area (Å²) in [6.07, 6.45) is 1.29. The number of carbonyl (C=O) groups excluding carboxylic acids is 1. The molecule has 1 rings (SSSR count). The number of amides is 2. The molecule has 0 aliphatic carbocycles. The number of urea groups is 1. The van der Waals surface area contributed by atoms with Gasteiger partial charge < -0.3 is 10.2 Å². The lowest BCUT2D eigenvalue weighted by Crippen LogP contribution is -2.24. The highest BCUT2D eigenvalue weighted by molar-refractivity contribution is 6.28. The van der Waals surface area contributed by atoms with Gasteiger partial charge >= 0.3 is 6.03 Å². The molecule has 0 aliphatic heterocycles. The number of carbonyl (C=O) groups is 1. The molecular weight excluding hydrogens is 182 g/mol. The molecule has 1 heterocycles. The van der Waals surface area contributed by atoms with E-state index in [1.54, 1.807) is 12.1 Å². The quantitative estimate of drug-likeness (QED) is 0.534. The summed E-state index contributed by atoms with van der Waals surface area (Å²) in [6.45, 7) is 0. The number of nitrogens with one attached hydrogen (secondary N) is 1. The summed E-state index contributed by atoms with van der Waals surface area (Å²) in [6, 6.07) is 2.44. The lowest BCUT2D eigenvalue weighted by Gasteiger charge is -1.88. The second-order valence-corrected chi connectivity index (χ2v) is 2.25. The first-order valence-electron chi connectivity index (χ1n) is 3.02. The average molecular weight is 188 g/mol. The fourth-order valence-electron chi connectivity index (χ4n) is 0.557. The van der Waals surface area contributed by atoms with Crippen LogP contribution in [0.5, 0.6) is 0 Å². The van der Waals surface area contributed by atoms with Crippen LogP contribution in [0, 0.1) is 0 Å². The van der Waals surface area contributed by atoms with Gasteiger partial charge in [0.2, 0.25) is 0 Å². The molecule has 0 bridgehead atoms. The maximum absolute atomic E-state index is 10.1. The molecular formula is C6H6ClN3O2. The van der Waals surface area contributed by atoms with E-state index in [1.807, 2.05) is 5.43 Å². The van der Waals surface area contributed by atoms with Crippen molar-refractivity contribution in [2.24, 2.45) is 10.8 Å². The summed E-state index contributed by atoms with van der Waals surface area (Å²) in [5, 5.41) is 3.71. The molecule has 0 saturated heterocycles. The summed E-state index contributed by atoms with van der Waals surface area (Å²) in [5.41, 5.74) is 6.75. The lowest BCUT2D eigenvalue weighted by molar-refractivity contribution is 0.249. The third-order valence-electron chi connectivity index (χ3n) is 0.961. The Morgan fingerprint density at radius 2 is 2.50 bits per heavy atom. The van der Waals surface area contributed by atoms with Gasteiger partial charge in [0, 0.05) is 0 Å². The van der Waals surface area contributed by atoms with Gasteiger partial charge in [-0.25, -0.2) is 10.2 Å². The number of furan rings is 1. The van der Waals surface area contributed by atoms with Crippen molar-refractivity contribution in [2.75, 3.05) is 0 Å². The van der Waals surface area contributed by atoms with Crippen LogP contribution in [-0.4, -0.2) is 12.2 Å². The fraction of sp³-hybridized carbons (Fsp3) is 0. The van der Waals surface area contributed by atoms with E-state index in [-0.39, 0.29) is 5.22 Å². The normalized spacial score (nSPS) is 10.4. The van der Waals surface area contributed by atoms with Crippen molar-refractivity contribution in [3.8, 4) is 0 Å². The molecule has 3 N–H and O–H groups in total. The van der Waals surface area contributed by atoms with E-state index in [4.69, 9.17) is 21.8 Å². The van der Waals surface area contributed by atoms with E-state index >= 15 is 0 Å². The Labute approximate surface area is 73.2 Å². The Kier molecular flexibility index (Phi) is 2.71. The molecule has 0 atom stereocenters. The monoisotopic (exact) mass is 187 g/mol. The topological polar surface area (TPSA) is 80.6 Å². The number of halogens is 1. The highest BCUT2D eigenvalue weighted by Gasteiger charge is 1.94. The SMILES string of the molecule is NC(=O)N/N=C/c1ccc(Cl)o1. The molecule has 64 valence electrons. The molecule has 6 heteroatoms. The van der Waals surface area contributed by atoms with Crippen LogP contribution in [0.1, 0.15) is 5.76 Å². The number of rotatable bonds is 2. The van der Waals surface area contributed by atoms with Gasteiger partial charge in [0.1, 0.15) is 5.76 Å². The van der Waals surface area contributed by atoms with Crippen molar-refractivity contribution >= 4 is 23.8 Å². The van der Waals surface area contributed by atoms with Crippen molar-refractivity contribution in [1.29, 1.82) is 0 Å². The summed E-state index contributed by atoms with van der Waals surface area (Å²) >= 11 is 5.46. The Bertz CT molecular complexity index is 307. The molecule has 12 heavy (non-hydrogen) atoms. The van der Waals surface area contributed by atoms with Gasteiger partial charge in [0.15, 0.2) is 5.22 Å². The molecule has 0 aliphatic rings. The third kappa shape index (κ3) is 2.63. The predicted molar refractivity (Wildman–Crippen MR) is 44.0 cm³/mol. The van der Waals surface area contributed by atoms with Crippen molar-refractivity contribution in [1.82, 2.24) is 5.43 Å². The number of hydrogen-bond donors (Lipinski definition) is 2. The molecule has 0 fully saturated rings. The van der Waals surface area contributed by atoms with Crippen molar-refractivity contribution < 1.29 is 9.21 Å². The summed E-state index contributed by atoms with van der Waals surface area (Å²) in [4.78, 5) is 10.1. The molecule has 0 unspecified atom stereocenters. The van der Waals surface area contributed by atoms with Crippen LogP contribution in [0.15, 0.2) is 21.7 Å². The van der Waals surface area contributed by atoms with Crippen LogP contribution in [0.2, 0.25) is 5.22 Å². The van der Waals surface area contributed by atoms with Crippen LogP contribution in [-0.2, 0) is 0 Å². The number of nitrogens with two attached hydrogens (primary N) is 1. The van der Waals surface area contributed by atoms with Crippen LogP contribution in [0.3, 0.4) is 0 Å². The first-order chi connectivity index (χ1) is 5.68. The Morgan fingerprint density at radius 3 is 3.00 bits per heavy atom. The van der Waals surface area contributed by atoms with Gasteiger partial charge in [0.25, 0.3) is 0 Å². The molecule has 2 amide bonds. The highest BCUT2D eigenvalue weighted by atomic mass is 35.5. The smallest absolute Gasteiger partial charge is 0.332 e. The van der Waals surface area contributed by atoms with Crippen LogP contribution in [0.25, 0.3) is 0 Å². The number of primary amides is 1. The zero-order valence-corrected chi connectivity index (χ0v) is 6.71. The summed E-state index contributed by atoms with van der Waals surface area (Å²) in [7, 11) is 0. The molecule has 0 saturated carbocycles. The zero-order valence-electron chi connectivity index (χ0n) is 5.95. The first-order valence-corrected chi connectivity index (χ1v) is 3.40. The molecule has 1 aromatic rings. The zero-order chi connectivity index (χ0) is 8.97. The van der Waals surface area contributed by atoms with E-state index < -0.39 is 6.03 Å². The number of nitrogens with zero attached hydrogens (tertiary/aromatic N) is 1.